The van der Waals surface area contributed by atoms with Gasteiger partial charge in [0.05, 0.1) is 12.6 Å². The highest BCUT2D eigenvalue weighted by Crippen LogP contribution is 2.15. The van der Waals surface area contributed by atoms with Crippen LogP contribution in [0, 0.1) is 0 Å². The normalized spacial score (nSPS) is 26.7. The number of carbonyl (C=O) groups excluding carboxylic acids is 2. The molecule has 0 radical (unpaired) electrons. The van der Waals surface area contributed by atoms with E-state index in [2.05, 4.69) is 10.6 Å². The minimum atomic E-state index is -3.02. The first-order chi connectivity index (χ1) is 11.9. The number of amides is 3. The number of benzene rings is 1. The summed E-state index contributed by atoms with van der Waals surface area (Å²) in [6.45, 7) is -4.18. The second kappa shape index (κ2) is 6.05. The third-order valence-corrected chi connectivity index (χ3v) is 3.17. The first-order valence-electron chi connectivity index (χ1n) is 9.35. The summed E-state index contributed by atoms with van der Waals surface area (Å²) >= 11 is 0. The predicted molar refractivity (Wildman–Crippen MR) is 76.9 cm³/mol. The maximum Gasteiger partial charge on any atom is 0.325 e. The van der Waals surface area contributed by atoms with Gasteiger partial charge in [-0.2, -0.15) is 0 Å². The average Bonchev–Trinajstić information content (AvgIpc) is 2.49. The first-order valence-corrected chi connectivity index (χ1v) is 6.35. The summed E-state index contributed by atoms with van der Waals surface area (Å²) in [5, 5.41) is 5.55. The minimum Gasteiger partial charge on any atom is -0.322 e. The molecule has 0 aromatic heterocycles. The Morgan fingerprint density at radius 3 is 2.65 bits per heavy atom. The van der Waals surface area contributed by atoms with Gasteiger partial charge in [0.1, 0.15) is 0 Å². The van der Waals surface area contributed by atoms with Crippen LogP contribution in [0.15, 0.2) is 30.3 Å². The van der Waals surface area contributed by atoms with Crippen molar-refractivity contribution in [2.75, 3.05) is 0 Å². The van der Waals surface area contributed by atoms with Crippen LogP contribution >= 0.6 is 0 Å². The largest absolute Gasteiger partial charge is 0.325 e. The van der Waals surface area contributed by atoms with Crippen molar-refractivity contribution in [1.29, 1.82) is 0 Å². The molecule has 1 fully saturated rings. The molecule has 2 rings (SSSR count). The molecule has 0 bridgehead atoms. The SMILES string of the molecule is [2H]C([2H])([2H])C(N1C(=O)CC(N[C@@H](C)c2ccccc2)NC1=O)C([2H])([2H])[2H]. The summed E-state index contributed by atoms with van der Waals surface area (Å²) in [5.41, 5.74) is 0.944. The monoisotopic (exact) mass is 281 g/mol. The molecule has 0 aliphatic carbocycles. The quantitative estimate of drug-likeness (QED) is 0.887. The fourth-order valence-electron chi connectivity index (χ4n) is 2.16. The molecule has 1 aliphatic heterocycles. The third-order valence-electron chi connectivity index (χ3n) is 3.17. The van der Waals surface area contributed by atoms with Gasteiger partial charge in [-0.05, 0) is 26.2 Å². The zero-order chi connectivity index (χ0) is 19.7. The van der Waals surface area contributed by atoms with E-state index in [0.717, 1.165) is 5.56 Å². The van der Waals surface area contributed by atoms with Crippen LogP contribution in [0.5, 0.6) is 0 Å². The maximum atomic E-state index is 12.4. The second-order valence-electron chi connectivity index (χ2n) is 4.67. The Kier molecular flexibility index (Phi) is 2.55. The number of imide groups is 1. The lowest BCUT2D eigenvalue weighted by molar-refractivity contribution is -0.131. The predicted octanol–water partition coefficient (Wildman–Crippen LogP) is 2.01. The van der Waals surface area contributed by atoms with Crippen molar-refractivity contribution in [3.05, 3.63) is 35.9 Å². The van der Waals surface area contributed by atoms with Crippen LogP contribution in [0.25, 0.3) is 0 Å². The molecule has 1 heterocycles. The first kappa shape index (κ1) is 8.42. The number of nitrogens with zero attached hydrogens (tertiary/aromatic N) is 1. The van der Waals surface area contributed by atoms with E-state index in [0.29, 0.717) is 4.90 Å². The number of carbonyl (C=O) groups is 2. The Hall–Kier alpha value is -1.88. The van der Waals surface area contributed by atoms with E-state index in [1.807, 2.05) is 37.3 Å². The van der Waals surface area contributed by atoms with Gasteiger partial charge < -0.3 is 5.32 Å². The van der Waals surface area contributed by atoms with Crippen LogP contribution in [-0.2, 0) is 4.79 Å². The van der Waals surface area contributed by atoms with Crippen molar-refractivity contribution in [1.82, 2.24) is 15.5 Å². The molecule has 20 heavy (non-hydrogen) atoms. The smallest absolute Gasteiger partial charge is 0.322 e. The van der Waals surface area contributed by atoms with E-state index in [-0.39, 0.29) is 12.5 Å². The van der Waals surface area contributed by atoms with E-state index in [4.69, 9.17) is 8.22 Å². The van der Waals surface area contributed by atoms with Gasteiger partial charge in [0.25, 0.3) is 0 Å². The highest BCUT2D eigenvalue weighted by Gasteiger charge is 2.33. The molecule has 5 nitrogen and oxygen atoms in total. The maximum absolute atomic E-state index is 12.4. The van der Waals surface area contributed by atoms with E-state index < -0.39 is 37.8 Å². The third kappa shape index (κ3) is 3.17. The average molecular weight is 281 g/mol. The molecule has 1 aliphatic rings. The molecule has 5 heteroatoms. The standard InChI is InChI=1S/C15H21N3O2/c1-10(2)18-14(19)9-13(17-15(18)20)16-11(3)12-7-5-4-6-8-12/h4-8,10-11,13,16H,9H2,1-3H3,(H,17,20)/t11-,13?/m0/s1/i1D3,2D3. The molecule has 2 N–H and O–H groups in total. The van der Waals surface area contributed by atoms with Crippen molar-refractivity contribution in [2.45, 2.75) is 45.3 Å². The summed E-state index contributed by atoms with van der Waals surface area (Å²) in [7, 11) is 0. The lowest BCUT2D eigenvalue weighted by atomic mass is 10.1. The number of hydrogen-bond acceptors (Lipinski definition) is 3. The number of rotatable bonds is 4. The highest BCUT2D eigenvalue weighted by molar-refractivity contribution is 5.97. The zero-order valence-corrected chi connectivity index (χ0v) is 11.1. The topological polar surface area (TPSA) is 61.4 Å². The van der Waals surface area contributed by atoms with Crippen molar-refractivity contribution in [3.8, 4) is 0 Å². The van der Waals surface area contributed by atoms with Crippen molar-refractivity contribution in [3.63, 3.8) is 0 Å². The molecule has 0 spiro atoms. The van der Waals surface area contributed by atoms with E-state index in [1.165, 1.54) is 0 Å². The zero-order valence-electron chi connectivity index (χ0n) is 17.1. The van der Waals surface area contributed by atoms with Crippen molar-refractivity contribution >= 4 is 11.9 Å². The van der Waals surface area contributed by atoms with E-state index in [9.17, 15) is 9.59 Å². The lowest BCUT2D eigenvalue weighted by Gasteiger charge is -2.35. The Morgan fingerprint density at radius 2 is 2.05 bits per heavy atom. The summed E-state index contributed by atoms with van der Waals surface area (Å²) in [6.07, 6.45) is -0.971. The van der Waals surface area contributed by atoms with E-state index >= 15 is 0 Å². The van der Waals surface area contributed by atoms with Crippen molar-refractivity contribution < 1.29 is 17.8 Å². The molecule has 108 valence electrons. The van der Waals surface area contributed by atoms with Crippen molar-refractivity contribution in [2.24, 2.45) is 0 Å². The van der Waals surface area contributed by atoms with Crippen LogP contribution in [0.4, 0.5) is 4.79 Å². The Balaban J connectivity index is 2.14. The molecule has 1 saturated heterocycles. The van der Waals surface area contributed by atoms with Gasteiger partial charge >= 0.3 is 6.03 Å². The van der Waals surface area contributed by atoms with E-state index in [1.54, 1.807) is 0 Å². The second-order valence-corrected chi connectivity index (χ2v) is 4.67. The van der Waals surface area contributed by atoms with Crippen LogP contribution in [0.1, 0.15) is 46.9 Å². The summed E-state index contributed by atoms with van der Waals surface area (Å²) in [6, 6.07) is 5.96. The number of urea groups is 1. The molecule has 2 atom stereocenters. The Bertz CT molecular complexity index is 630. The van der Waals surface area contributed by atoms with Gasteiger partial charge in [-0.1, -0.05) is 30.3 Å². The molecule has 0 saturated carbocycles. The Morgan fingerprint density at radius 1 is 1.35 bits per heavy atom. The van der Waals surface area contributed by atoms with Crippen LogP contribution in [0.3, 0.4) is 0 Å². The summed E-state index contributed by atoms with van der Waals surface area (Å²) < 4.78 is 44.5. The van der Waals surface area contributed by atoms with Gasteiger partial charge in [-0.15, -0.1) is 0 Å². The molecule has 3 amide bonds. The van der Waals surface area contributed by atoms with Gasteiger partial charge in [-0.25, -0.2) is 4.79 Å². The lowest BCUT2D eigenvalue weighted by Crippen LogP contribution is -2.61. The van der Waals surface area contributed by atoms with Gasteiger partial charge in [0.15, 0.2) is 0 Å². The summed E-state index contributed by atoms with van der Waals surface area (Å²) in [5.74, 6) is -0.844. The van der Waals surface area contributed by atoms with Crippen LogP contribution in [-0.4, -0.2) is 29.0 Å². The molecular formula is C15H21N3O2. The molecule has 1 unspecified atom stereocenters. The fourth-order valence-corrected chi connectivity index (χ4v) is 2.16. The van der Waals surface area contributed by atoms with Gasteiger partial charge in [0.2, 0.25) is 5.91 Å². The van der Waals surface area contributed by atoms with Gasteiger partial charge in [0, 0.05) is 20.3 Å². The molecule has 1 aromatic carbocycles. The minimum absolute atomic E-state index is 0.179. The Labute approximate surface area is 127 Å². The van der Waals surface area contributed by atoms with Gasteiger partial charge in [-0.3, -0.25) is 15.0 Å². The molecular weight excluding hydrogens is 254 g/mol. The molecule has 1 aromatic rings. The fraction of sp³-hybridized carbons (Fsp3) is 0.467. The van der Waals surface area contributed by atoms with Crippen LogP contribution < -0.4 is 10.6 Å². The van der Waals surface area contributed by atoms with Crippen LogP contribution in [0.2, 0.25) is 0 Å². The highest BCUT2D eigenvalue weighted by atomic mass is 16.2. The number of hydrogen-bond donors (Lipinski definition) is 2. The number of nitrogens with one attached hydrogen (secondary N) is 2. The summed E-state index contributed by atoms with van der Waals surface area (Å²) in [4.78, 5) is 25.0.